The summed E-state index contributed by atoms with van der Waals surface area (Å²) >= 11 is 1.89. The van der Waals surface area contributed by atoms with Crippen molar-refractivity contribution in [1.29, 1.82) is 0 Å². The molecule has 25 heavy (non-hydrogen) atoms. The van der Waals surface area contributed by atoms with Gasteiger partial charge in [-0.1, -0.05) is 12.1 Å². The van der Waals surface area contributed by atoms with Gasteiger partial charge in [0.25, 0.3) is 5.91 Å². The van der Waals surface area contributed by atoms with Gasteiger partial charge in [0.2, 0.25) is 6.79 Å². The van der Waals surface area contributed by atoms with Crippen LogP contribution in [0.25, 0.3) is 0 Å². The third-order valence-corrected chi connectivity index (χ3v) is 5.70. The van der Waals surface area contributed by atoms with Gasteiger partial charge in [0.05, 0.1) is 7.11 Å². The lowest BCUT2D eigenvalue weighted by atomic mass is 10.1. The zero-order valence-corrected chi connectivity index (χ0v) is 14.8. The van der Waals surface area contributed by atoms with E-state index in [2.05, 4.69) is 12.1 Å². The normalized spacial score (nSPS) is 18.9. The van der Waals surface area contributed by atoms with Crippen LogP contribution in [0.5, 0.6) is 17.2 Å². The van der Waals surface area contributed by atoms with Crippen LogP contribution in [-0.4, -0.2) is 43.6 Å². The number of carbonyl (C=O) groups is 1. The second-order valence-corrected chi connectivity index (χ2v) is 7.26. The molecule has 130 valence electrons. The maximum atomic E-state index is 12.9. The van der Waals surface area contributed by atoms with E-state index in [1.807, 2.05) is 28.8 Å². The highest BCUT2D eigenvalue weighted by Crippen LogP contribution is 2.36. The quantitative estimate of drug-likeness (QED) is 0.843. The summed E-state index contributed by atoms with van der Waals surface area (Å²) in [6, 6.07) is 13.5. The summed E-state index contributed by atoms with van der Waals surface area (Å²) < 4.78 is 15.9. The molecule has 2 aliphatic heterocycles. The molecule has 5 nitrogen and oxygen atoms in total. The SMILES string of the molecule is COc1ccc(C2CN(C(=O)c3ccc4c(c3)OCO4)CCS2)cc1. The van der Waals surface area contributed by atoms with Crippen molar-refractivity contribution in [3.05, 3.63) is 53.6 Å². The maximum Gasteiger partial charge on any atom is 0.254 e. The molecule has 0 aromatic heterocycles. The van der Waals surface area contributed by atoms with Crippen molar-refractivity contribution in [3.63, 3.8) is 0 Å². The molecule has 2 aromatic rings. The number of amides is 1. The van der Waals surface area contributed by atoms with Crippen LogP contribution in [0.2, 0.25) is 0 Å². The zero-order valence-electron chi connectivity index (χ0n) is 13.9. The van der Waals surface area contributed by atoms with E-state index < -0.39 is 0 Å². The van der Waals surface area contributed by atoms with E-state index in [9.17, 15) is 4.79 Å². The minimum atomic E-state index is 0.0390. The second-order valence-electron chi connectivity index (χ2n) is 5.95. The third kappa shape index (κ3) is 3.26. The van der Waals surface area contributed by atoms with Gasteiger partial charge in [0.15, 0.2) is 11.5 Å². The highest BCUT2D eigenvalue weighted by atomic mass is 32.2. The number of rotatable bonds is 3. The molecule has 6 heteroatoms. The van der Waals surface area contributed by atoms with Gasteiger partial charge in [-0.15, -0.1) is 0 Å². The van der Waals surface area contributed by atoms with Crippen molar-refractivity contribution in [2.45, 2.75) is 5.25 Å². The summed E-state index contributed by atoms with van der Waals surface area (Å²) in [4.78, 5) is 14.8. The Morgan fingerprint density at radius 2 is 1.96 bits per heavy atom. The molecule has 0 bridgehead atoms. The van der Waals surface area contributed by atoms with Crippen molar-refractivity contribution >= 4 is 17.7 Å². The monoisotopic (exact) mass is 357 g/mol. The van der Waals surface area contributed by atoms with Gasteiger partial charge in [-0.05, 0) is 35.9 Å². The predicted octanol–water partition coefficient (Wildman–Crippen LogP) is 3.35. The van der Waals surface area contributed by atoms with Gasteiger partial charge in [0, 0.05) is 29.7 Å². The number of benzene rings is 2. The van der Waals surface area contributed by atoms with Crippen LogP contribution in [-0.2, 0) is 0 Å². The van der Waals surface area contributed by atoms with E-state index >= 15 is 0 Å². The van der Waals surface area contributed by atoms with Gasteiger partial charge >= 0.3 is 0 Å². The van der Waals surface area contributed by atoms with Crippen molar-refractivity contribution < 1.29 is 19.0 Å². The Hall–Kier alpha value is -2.34. The molecule has 0 radical (unpaired) electrons. The number of nitrogens with zero attached hydrogens (tertiary/aromatic N) is 1. The standard InChI is InChI=1S/C19H19NO4S/c1-22-15-5-2-13(3-6-15)18-11-20(8-9-25-18)19(21)14-4-7-16-17(10-14)24-12-23-16/h2-7,10,18H,8-9,11-12H2,1H3. The zero-order chi connectivity index (χ0) is 17.2. The fourth-order valence-corrected chi connectivity index (χ4v) is 4.31. The molecular weight excluding hydrogens is 338 g/mol. The van der Waals surface area contributed by atoms with Crippen LogP contribution in [0, 0.1) is 0 Å². The predicted molar refractivity (Wildman–Crippen MR) is 96.7 cm³/mol. The van der Waals surface area contributed by atoms with Crippen LogP contribution in [0.1, 0.15) is 21.2 Å². The van der Waals surface area contributed by atoms with Gasteiger partial charge in [-0.2, -0.15) is 11.8 Å². The minimum absolute atomic E-state index is 0.0390. The average molecular weight is 357 g/mol. The first kappa shape index (κ1) is 16.1. The number of hydrogen-bond donors (Lipinski definition) is 0. The molecule has 0 spiro atoms. The highest BCUT2D eigenvalue weighted by molar-refractivity contribution is 7.99. The van der Waals surface area contributed by atoms with Crippen LogP contribution in [0.15, 0.2) is 42.5 Å². The molecule has 1 unspecified atom stereocenters. The fourth-order valence-electron chi connectivity index (χ4n) is 3.07. The van der Waals surface area contributed by atoms with Gasteiger partial charge in [-0.3, -0.25) is 4.79 Å². The van der Waals surface area contributed by atoms with Crippen LogP contribution in [0.3, 0.4) is 0 Å². The Morgan fingerprint density at radius 1 is 1.16 bits per heavy atom. The lowest BCUT2D eigenvalue weighted by Crippen LogP contribution is -2.39. The van der Waals surface area contributed by atoms with E-state index in [1.54, 1.807) is 25.3 Å². The smallest absolute Gasteiger partial charge is 0.254 e. The first-order valence-corrected chi connectivity index (χ1v) is 9.24. The van der Waals surface area contributed by atoms with E-state index in [0.29, 0.717) is 23.6 Å². The Bertz CT molecular complexity index is 777. The lowest BCUT2D eigenvalue weighted by Gasteiger charge is -2.32. The van der Waals surface area contributed by atoms with E-state index in [1.165, 1.54) is 5.56 Å². The summed E-state index contributed by atoms with van der Waals surface area (Å²) in [5.74, 6) is 3.15. The lowest BCUT2D eigenvalue weighted by molar-refractivity contribution is 0.0761. The fraction of sp³-hybridized carbons (Fsp3) is 0.316. The third-order valence-electron chi connectivity index (χ3n) is 4.46. The largest absolute Gasteiger partial charge is 0.497 e. The first-order valence-electron chi connectivity index (χ1n) is 8.19. The summed E-state index contributed by atoms with van der Waals surface area (Å²) in [5.41, 5.74) is 1.86. The summed E-state index contributed by atoms with van der Waals surface area (Å²) in [6.45, 7) is 1.67. The molecule has 2 heterocycles. The van der Waals surface area contributed by atoms with Crippen molar-refractivity contribution in [1.82, 2.24) is 4.90 Å². The topological polar surface area (TPSA) is 48.0 Å². The molecule has 2 aliphatic rings. The molecule has 0 N–H and O–H groups in total. The van der Waals surface area contributed by atoms with E-state index in [0.717, 1.165) is 18.0 Å². The number of thioether (sulfide) groups is 1. The molecule has 0 aliphatic carbocycles. The summed E-state index contributed by atoms with van der Waals surface area (Å²) in [7, 11) is 1.66. The highest BCUT2D eigenvalue weighted by Gasteiger charge is 2.27. The summed E-state index contributed by atoms with van der Waals surface area (Å²) in [5, 5.41) is 0.276. The number of methoxy groups -OCH3 is 1. The van der Waals surface area contributed by atoms with Crippen LogP contribution >= 0.6 is 11.8 Å². The average Bonchev–Trinajstić information content (AvgIpc) is 3.15. The second kappa shape index (κ2) is 6.88. The Morgan fingerprint density at radius 3 is 2.76 bits per heavy atom. The minimum Gasteiger partial charge on any atom is -0.497 e. The molecule has 1 saturated heterocycles. The molecule has 1 atom stereocenters. The molecule has 4 rings (SSSR count). The number of hydrogen-bond acceptors (Lipinski definition) is 5. The Labute approximate surface area is 150 Å². The van der Waals surface area contributed by atoms with Crippen LogP contribution < -0.4 is 14.2 Å². The molecular formula is C19H19NO4S. The number of carbonyl (C=O) groups excluding carboxylic acids is 1. The summed E-state index contributed by atoms with van der Waals surface area (Å²) in [6.07, 6.45) is 0. The van der Waals surface area contributed by atoms with Gasteiger partial charge < -0.3 is 19.1 Å². The van der Waals surface area contributed by atoms with Crippen molar-refractivity contribution in [3.8, 4) is 17.2 Å². The van der Waals surface area contributed by atoms with E-state index in [-0.39, 0.29) is 18.0 Å². The molecule has 2 aromatic carbocycles. The number of ether oxygens (including phenoxy) is 3. The van der Waals surface area contributed by atoms with Gasteiger partial charge in [0.1, 0.15) is 5.75 Å². The molecule has 1 amide bonds. The Balaban J connectivity index is 1.49. The maximum absolute atomic E-state index is 12.9. The van der Waals surface area contributed by atoms with Crippen molar-refractivity contribution in [2.75, 3.05) is 32.7 Å². The van der Waals surface area contributed by atoms with E-state index in [4.69, 9.17) is 14.2 Å². The van der Waals surface area contributed by atoms with Crippen molar-refractivity contribution in [2.24, 2.45) is 0 Å². The first-order chi connectivity index (χ1) is 12.2. The molecule has 1 fully saturated rings. The Kier molecular flexibility index (Phi) is 4.44. The van der Waals surface area contributed by atoms with Crippen LogP contribution in [0.4, 0.5) is 0 Å². The van der Waals surface area contributed by atoms with Gasteiger partial charge in [-0.25, -0.2) is 0 Å². The number of fused-ring (bicyclic) bond motifs is 1. The molecule has 0 saturated carbocycles.